The van der Waals surface area contributed by atoms with Crippen molar-refractivity contribution in [3.05, 3.63) is 83.4 Å². The lowest BCUT2D eigenvalue weighted by molar-refractivity contribution is -0.286. The Balaban J connectivity index is 1.20. The Kier molecular flexibility index (Phi) is 7.60. The first-order chi connectivity index (χ1) is 18.8. The number of para-hydroxylation sites is 1. The molecule has 0 amide bonds. The lowest BCUT2D eigenvalue weighted by Gasteiger charge is -2.35. The highest BCUT2D eigenvalue weighted by molar-refractivity contribution is 8.16. The normalized spacial score (nSPS) is 18.2. The number of rotatable bonds is 8. The monoisotopic (exact) mass is 548 g/mol. The van der Waals surface area contributed by atoms with Gasteiger partial charge in [0.15, 0.2) is 16.7 Å². The molecule has 2 aliphatic rings. The maximum absolute atomic E-state index is 13.2. The molecule has 1 unspecified atom stereocenters. The van der Waals surface area contributed by atoms with E-state index in [1.54, 1.807) is 18.0 Å². The number of benzene rings is 3. The standard InChI is InChI=1S/C28H26F2N6O2S/c1-3-18(2)22-6-4-5-7-23(22)36-17-39-27(36)35-34-15-19-8-10-20(11-9-19)26(31)33-16-32-21-12-13-24-25(14-21)38-28(29,30)37-24/h4-16,18H,3,17H2,1-2H3,(H2,31,32,33)/b34-15+,35-27-. The van der Waals surface area contributed by atoms with Crippen molar-refractivity contribution in [2.45, 2.75) is 32.5 Å². The number of amidine groups is 2. The highest BCUT2D eigenvalue weighted by Crippen LogP contribution is 2.42. The van der Waals surface area contributed by atoms with Crippen LogP contribution in [0, 0.1) is 0 Å². The van der Waals surface area contributed by atoms with E-state index >= 15 is 0 Å². The van der Waals surface area contributed by atoms with Crippen molar-refractivity contribution in [3.63, 3.8) is 0 Å². The van der Waals surface area contributed by atoms with Crippen LogP contribution in [0.3, 0.4) is 0 Å². The van der Waals surface area contributed by atoms with Crippen molar-refractivity contribution in [2.75, 3.05) is 10.8 Å². The third-order valence-corrected chi connectivity index (χ3v) is 7.22. The van der Waals surface area contributed by atoms with Crippen LogP contribution in [0.2, 0.25) is 0 Å². The molecule has 2 heterocycles. The van der Waals surface area contributed by atoms with Gasteiger partial charge in [0, 0.05) is 17.3 Å². The molecule has 0 aromatic heterocycles. The van der Waals surface area contributed by atoms with Gasteiger partial charge in [-0.2, -0.15) is 5.10 Å². The summed E-state index contributed by atoms with van der Waals surface area (Å²) in [4.78, 5) is 10.4. The molecule has 1 saturated heterocycles. The smallest absolute Gasteiger partial charge is 0.395 e. The molecule has 39 heavy (non-hydrogen) atoms. The van der Waals surface area contributed by atoms with Crippen LogP contribution in [-0.4, -0.2) is 35.7 Å². The molecule has 5 rings (SSSR count). The van der Waals surface area contributed by atoms with Crippen LogP contribution >= 0.6 is 11.8 Å². The van der Waals surface area contributed by atoms with E-state index in [-0.39, 0.29) is 17.3 Å². The van der Waals surface area contributed by atoms with E-state index < -0.39 is 6.29 Å². The van der Waals surface area contributed by atoms with Crippen molar-refractivity contribution in [1.82, 2.24) is 0 Å². The zero-order valence-corrected chi connectivity index (χ0v) is 22.1. The summed E-state index contributed by atoms with van der Waals surface area (Å²) in [5, 5.41) is 9.56. The number of anilines is 1. The first-order valence-electron chi connectivity index (χ1n) is 12.3. The molecule has 3 aromatic rings. The second kappa shape index (κ2) is 11.2. The number of aliphatic imine (C=N–C) groups is 2. The van der Waals surface area contributed by atoms with Crippen LogP contribution in [0.25, 0.3) is 0 Å². The molecule has 11 heteroatoms. The zero-order chi connectivity index (χ0) is 27.4. The summed E-state index contributed by atoms with van der Waals surface area (Å²) in [6.45, 7) is 4.43. The molecular weight excluding hydrogens is 522 g/mol. The average molecular weight is 549 g/mol. The number of halogens is 2. The predicted octanol–water partition coefficient (Wildman–Crippen LogP) is 6.49. The number of alkyl halides is 2. The third-order valence-electron chi connectivity index (χ3n) is 6.27. The maximum atomic E-state index is 13.2. The first kappa shape index (κ1) is 26.4. The Morgan fingerprint density at radius 3 is 2.62 bits per heavy atom. The molecule has 0 radical (unpaired) electrons. The van der Waals surface area contributed by atoms with Gasteiger partial charge in [-0.1, -0.05) is 68.1 Å². The largest absolute Gasteiger partial charge is 0.586 e. The van der Waals surface area contributed by atoms with Gasteiger partial charge in [-0.05, 0) is 41.7 Å². The SMILES string of the molecule is CCC(C)c1ccccc1N1CS/C1=N\N=C\c1ccc(C(N)=NC=Nc2ccc3c(c2)OC(F)(F)O3)cc1. The quantitative estimate of drug-likeness (QED) is 0.197. The molecule has 1 fully saturated rings. The summed E-state index contributed by atoms with van der Waals surface area (Å²) in [7, 11) is 0. The van der Waals surface area contributed by atoms with E-state index in [4.69, 9.17) is 5.73 Å². The number of ether oxygens (including phenoxy) is 2. The van der Waals surface area contributed by atoms with Crippen LogP contribution in [0.15, 0.2) is 86.9 Å². The lowest BCUT2D eigenvalue weighted by Crippen LogP contribution is -2.39. The Morgan fingerprint density at radius 1 is 1.10 bits per heavy atom. The fourth-order valence-corrected chi connectivity index (χ4v) is 4.66. The van der Waals surface area contributed by atoms with E-state index in [1.165, 1.54) is 35.8 Å². The predicted molar refractivity (Wildman–Crippen MR) is 153 cm³/mol. The van der Waals surface area contributed by atoms with Gasteiger partial charge in [-0.3, -0.25) is 0 Å². The topological polar surface area (TPSA) is 97.2 Å². The van der Waals surface area contributed by atoms with Crippen molar-refractivity contribution in [2.24, 2.45) is 25.9 Å². The second-order valence-corrected chi connectivity index (χ2v) is 9.79. The minimum Gasteiger partial charge on any atom is -0.395 e. The van der Waals surface area contributed by atoms with Gasteiger partial charge in [-0.15, -0.1) is 13.9 Å². The Hall–Kier alpha value is -4.25. The zero-order valence-electron chi connectivity index (χ0n) is 21.3. The average Bonchev–Trinajstić information content (AvgIpc) is 3.23. The van der Waals surface area contributed by atoms with Crippen molar-refractivity contribution < 1.29 is 18.3 Å². The minimum absolute atomic E-state index is 0.0484. The minimum atomic E-state index is -3.67. The Labute approximate surface area is 229 Å². The maximum Gasteiger partial charge on any atom is 0.586 e. The molecule has 8 nitrogen and oxygen atoms in total. The fourth-order valence-electron chi connectivity index (χ4n) is 3.95. The Bertz CT molecular complexity index is 1470. The van der Waals surface area contributed by atoms with E-state index in [2.05, 4.69) is 72.7 Å². The second-order valence-electron chi connectivity index (χ2n) is 8.88. The van der Waals surface area contributed by atoms with E-state index in [0.29, 0.717) is 17.2 Å². The Morgan fingerprint density at radius 2 is 1.87 bits per heavy atom. The third kappa shape index (κ3) is 6.09. The molecule has 0 aliphatic carbocycles. The first-order valence-corrected chi connectivity index (χ1v) is 13.3. The molecule has 2 aliphatic heterocycles. The van der Waals surface area contributed by atoms with E-state index in [9.17, 15) is 8.78 Å². The van der Waals surface area contributed by atoms with Crippen molar-refractivity contribution in [1.29, 1.82) is 0 Å². The lowest BCUT2D eigenvalue weighted by atomic mass is 9.96. The molecule has 0 spiro atoms. The van der Waals surface area contributed by atoms with Crippen LogP contribution < -0.4 is 20.1 Å². The van der Waals surface area contributed by atoms with Gasteiger partial charge in [0.25, 0.3) is 0 Å². The number of nitrogens with two attached hydrogens (primary N) is 1. The fraction of sp³-hybridized carbons (Fsp3) is 0.214. The van der Waals surface area contributed by atoms with Gasteiger partial charge in [0.05, 0.1) is 17.8 Å². The highest BCUT2D eigenvalue weighted by Gasteiger charge is 2.43. The molecule has 200 valence electrons. The molecule has 2 N–H and O–H groups in total. The molecule has 0 bridgehead atoms. The van der Waals surface area contributed by atoms with Crippen LogP contribution in [0.1, 0.15) is 42.9 Å². The van der Waals surface area contributed by atoms with Crippen LogP contribution in [0.5, 0.6) is 11.5 Å². The van der Waals surface area contributed by atoms with E-state index in [1.807, 2.05) is 24.3 Å². The van der Waals surface area contributed by atoms with Crippen molar-refractivity contribution in [3.8, 4) is 11.5 Å². The molecule has 1 atom stereocenters. The van der Waals surface area contributed by atoms with Gasteiger partial charge in [0.2, 0.25) is 0 Å². The number of hydrogen-bond acceptors (Lipinski definition) is 6. The van der Waals surface area contributed by atoms with Gasteiger partial charge in [0.1, 0.15) is 12.2 Å². The summed E-state index contributed by atoms with van der Waals surface area (Å²) in [6.07, 6.45) is 0.335. The summed E-state index contributed by atoms with van der Waals surface area (Å²) >= 11 is 1.66. The number of thioether (sulfide) groups is 1. The summed E-state index contributed by atoms with van der Waals surface area (Å²) < 4.78 is 35.1. The summed E-state index contributed by atoms with van der Waals surface area (Å²) in [5.41, 5.74) is 10.5. The van der Waals surface area contributed by atoms with Crippen LogP contribution in [-0.2, 0) is 0 Å². The number of fused-ring (bicyclic) bond motifs is 1. The van der Waals surface area contributed by atoms with Crippen LogP contribution in [0.4, 0.5) is 20.2 Å². The molecule has 3 aromatic carbocycles. The van der Waals surface area contributed by atoms with Gasteiger partial charge >= 0.3 is 6.29 Å². The van der Waals surface area contributed by atoms with Gasteiger partial charge < -0.3 is 20.1 Å². The van der Waals surface area contributed by atoms with E-state index in [0.717, 1.165) is 23.0 Å². The number of nitrogens with zero attached hydrogens (tertiary/aromatic N) is 5. The van der Waals surface area contributed by atoms with Crippen molar-refractivity contribution >= 4 is 46.7 Å². The summed E-state index contributed by atoms with van der Waals surface area (Å²) in [5.74, 6) is 1.43. The molecular formula is C28H26F2N6O2S. The highest BCUT2D eigenvalue weighted by atomic mass is 32.2. The summed E-state index contributed by atoms with van der Waals surface area (Å²) in [6, 6.07) is 20.0. The number of hydrogen-bond donors (Lipinski definition) is 1. The van der Waals surface area contributed by atoms with Gasteiger partial charge in [-0.25, -0.2) is 9.98 Å². The molecule has 0 saturated carbocycles.